The molecule has 2 aromatic heterocycles. The van der Waals surface area contributed by atoms with E-state index in [9.17, 15) is 4.79 Å². The molecule has 0 radical (unpaired) electrons. The maximum atomic E-state index is 10.6. The highest BCUT2D eigenvalue weighted by Crippen LogP contribution is 2.36. The number of nitrogens with zero attached hydrogens (tertiary/aromatic N) is 2. The number of ether oxygens (including phenoxy) is 1. The van der Waals surface area contributed by atoms with E-state index in [4.69, 9.17) is 9.73 Å². The minimum absolute atomic E-state index is 0.401. The fourth-order valence-corrected chi connectivity index (χ4v) is 4.78. The molecule has 0 bridgehead atoms. The van der Waals surface area contributed by atoms with E-state index in [2.05, 4.69) is 46.6 Å². The van der Waals surface area contributed by atoms with E-state index in [1.807, 2.05) is 25.3 Å². The summed E-state index contributed by atoms with van der Waals surface area (Å²) >= 11 is 1.68. The number of thiophene rings is 1. The summed E-state index contributed by atoms with van der Waals surface area (Å²) in [4.78, 5) is 20.0. The van der Waals surface area contributed by atoms with Crippen molar-refractivity contribution in [2.45, 2.75) is 39.5 Å². The monoisotopic (exact) mass is 462 g/mol. The third-order valence-electron chi connectivity index (χ3n) is 5.91. The lowest BCUT2D eigenvalue weighted by molar-refractivity contribution is -0.109. The minimum atomic E-state index is 0.401. The van der Waals surface area contributed by atoms with Gasteiger partial charge in [-0.15, -0.1) is 11.3 Å². The summed E-state index contributed by atoms with van der Waals surface area (Å²) in [5.74, 6) is 1.92. The summed E-state index contributed by atoms with van der Waals surface area (Å²) in [6.07, 6.45) is 6.95. The SMILES string of the molecule is C=C1NC(c2cc3ccsc3cn2)=Nc2c(C)cc(OCC(CCCC)CCNC=O)cc21. The maximum absolute atomic E-state index is 10.6. The van der Waals surface area contributed by atoms with Crippen molar-refractivity contribution in [1.29, 1.82) is 0 Å². The van der Waals surface area contributed by atoms with Gasteiger partial charge >= 0.3 is 0 Å². The van der Waals surface area contributed by atoms with Crippen molar-refractivity contribution in [3.8, 4) is 5.75 Å². The van der Waals surface area contributed by atoms with Crippen LogP contribution in [0, 0.1) is 12.8 Å². The fourth-order valence-electron chi connectivity index (χ4n) is 4.04. The molecule has 0 saturated heterocycles. The molecular formula is C26H30N4O2S. The highest BCUT2D eigenvalue weighted by molar-refractivity contribution is 7.17. The average Bonchev–Trinajstić information content (AvgIpc) is 3.29. The predicted octanol–water partition coefficient (Wildman–Crippen LogP) is 5.58. The van der Waals surface area contributed by atoms with Gasteiger partial charge in [0.25, 0.3) is 0 Å². The number of hydrogen-bond acceptors (Lipinski definition) is 6. The largest absolute Gasteiger partial charge is 0.493 e. The lowest BCUT2D eigenvalue weighted by Gasteiger charge is -2.23. The summed E-state index contributed by atoms with van der Waals surface area (Å²) in [5.41, 5.74) is 4.46. The molecule has 3 heterocycles. The van der Waals surface area contributed by atoms with Gasteiger partial charge in [-0.1, -0.05) is 26.3 Å². The topological polar surface area (TPSA) is 75.6 Å². The second kappa shape index (κ2) is 10.6. The zero-order valence-electron chi connectivity index (χ0n) is 19.2. The van der Waals surface area contributed by atoms with E-state index in [1.54, 1.807) is 11.3 Å². The molecule has 3 aromatic rings. The van der Waals surface area contributed by atoms with Gasteiger partial charge in [0.15, 0.2) is 5.84 Å². The number of aromatic nitrogens is 1. The molecule has 0 aliphatic carbocycles. The Bertz CT molecular complexity index is 1180. The number of hydrogen-bond donors (Lipinski definition) is 2. The lowest BCUT2D eigenvalue weighted by atomic mass is 9.99. The average molecular weight is 463 g/mol. The standard InChI is InChI=1S/C26H30N4O2S/c1-4-5-6-19(7-9-27-16-31)15-32-21-11-17(2)25-22(13-21)18(3)29-26(30-25)23-12-20-8-10-33-24(20)14-28-23/h8,10-14,16,19H,3-7,9,15H2,1-2H3,(H,27,31)(H,29,30). The number of amides is 1. The van der Waals surface area contributed by atoms with Crippen LogP contribution in [0.25, 0.3) is 15.8 Å². The number of benzene rings is 1. The third-order valence-corrected chi connectivity index (χ3v) is 6.77. The van der Waals surface area contributed by atoms with Crippen LogP contribution in [-0.2, 0) is 4.79 Å². The first-order chi connectivity index (χ1) is 16.1. The normalized spacial score (nSPS) is 13.8. The number of carbonyl (C=O) groups is 1. The number of aliphatic imine (C=N–C) groups is 1. The van der Waals surface area contributed by atoms with E-state index in [-0.39, 0.29) is 0 Å². The van der Waals surface area contributed by atoms with Crippen LogP contribution in [0.4, 0.5) is 5.69 Å². The maximum Gasteiger partial charge on any atom is 0.207 e. The Hall–Kier alpha value is -3.19. The van der Waals surface area contributed by atoms with E-state index in [1.165, 1.54) is 0 Å². The number of rotatable bonds is 11. The molecule has 0 spiro atoms. The van der Waals surface area contributed by atoms with E-state index in [0.29, 0.717) is 24.9 Å². The number of aryl methyl sites for hydroxylation is 1. The molecule has 1 atom stereocenters. The molecule has 172 valence electrons. The molecule has 1 aliphatic rings. The summed E-state index contributed by atoms with van der Waals surface area (Å²) in [6, 6.07) is 8.19. The van der Waals surface area contributed by atoms with Crippen LogP contribution in [0.2, 0.25) is 0 Å². The first kappa shape index (κ1) is 23.0. The van der Waals surface area contributed by atoms with Gasteiger partial charge in [0.05, 0.1) is 17.0 Å². The number of pyridine rings is 1. The van der Waals surface area contributed by atoms with Crippen LogP contribution in [0.5, 0.6) is 5.75 Å². The van der Waals surface area contributed by atoms with Crippen molar-refractivity contribution in [3.05, 3.63) is 59.2 Å². The minimum Gasteiger partial charge on any atom is -0.493 e. The molecule has 1 aliphatic heterocycles. The number of fused-ring (bicyclic) bond motifs is 2. The molecule has 7 heteroatoms. The Kier molecular flexibility index (Phi) is 7.40. The lowest BCUT2D eigenvalue weighted by Crippen LogP contribution is -2.26. The molecule has 0 saturated carbocycles. The van der Waals surface area contributed by atoms with Crippen molar-refractivity contribution in [2.75, 3.05) is 13.2 Å². The molecule has 1 unspecified atom stereocenters. The predicted molar refractivity (Wildman–Crippen MR) is 136 cm³/mol. The Labute approximate surface area is 198 Å². The van der Waals surface area contributed by atoms with Gasteiger partial charge in [0.2, 0.25) is 6.41 Å². The first-order valence-corrected chi connectivity index (χ1v) is 12.3. The van der Waals surface area contributed by atoms with Crippen LogP contribution >= 0.6 is 11.3 Å². The number of amidine groups is 1. The van der Waals surface area contributed by atoms with Crippen LogP contribution < -0.4 is 15.4 Å². The highest BCUT2D eigenvalue weighted by atomic mass is 32.1. The molecule has 2 N–H and O–H groups in total. The number of carbonyl (C=O) groups excluding carboxylic acids is 1. The Morgan fingerprint density at radius 1 is 1.30 bits per heavy atom. The van der Waals surface area contributed by atoms with Gasteiger partial charge in [0, 0.05) is 24.0 Å². The summed E-state index contributed by atoms with van der Waals surface area (Å²) < 4.78 is 7.36. The van der Waals surface area contributed by atoms with Crippen LogP contribution in [0.1, 0.15) is 49.4 Å². The first-order valence-electron chi connectivity index (χ1n) is 11.4. The van der Waals surface area contributed by atoms with Crippen LogP contribution in [-0.4, -0.2) is 30.4 Å². The van der Waals surface area contributed by atoms with Gasteiger partial charge in [-0.3, -0.25) is 9.78 Å². The van der Waals surface area contributed by atoms with Crippen molar-refractivity contribution in [3.63, 3.8) is 0 Å². The van der Waals surface area contributed by atoms with Crippen LogP contribution in [0.15, 0.2) is 47.4 Å². The van der Waals surface area contributed by atoms with E-state index < -0.39 is 0 Å². The van der Waals surface area contributed by atoms with Gasteiger partial charge in [-0.05, 0) is 66.3 Å². The van der Waals surface area contributed by atoms with Gasteiger partial charge in [0.1, 0.15) is 11.4 Å². The molecule has 1 amide bonds. The second-order valence-corrected chi connectivity index (χ2v) is 9.36. The molecule has 6 nitrogen and oxygen atoms in total. The van der Waals surface area contributed by atoms with Crippen molar-refractivity contribution >= 4 is 45.1 Å². The number of nitrogens with one attached hydrogen (secondary N) is 2. The number of unbranched alkanes of at least 4 members (excludes halogenated alkanes) is 1. The zero-order chi connectivity index (χ0) is 23.2. The van der Waals surface area contributed by atoms with Crippen molar-refractivity contribution in [2.24, 2.45) is 10.9 Å². The smallest absolute Gasteiger partial charge is 0.207 e. The van der Waals surface area contributed by atoms with E-state index >= 15 is 0 Å². The Balaban J connectivity index is 1.52. The zero-order valence-corrected chi connectivity index (χ0v) is 20.0. The molecule has 4 rings (SSSR count). The summed E-state index contributed by atoms with van der Waals surface area (Å²) in [7, 11) is 0. The molecule has 1 aromatic carbocycles. The molecular weight excluding hydrogens is 432 g/mol. The quantitative estimate of drug-likeness (QED) is 0.288. The van der Waals surface area contributed by atoms with E-state index in [0.717, 1.165) is 76.1 Å². The third kappa shape index (κ3) is 5.42. The molecule has 33 heavy (non-hydrogen) atoms. The molecule has 0 fully saturated rings. The van der Waals surface area contributed by atoms with Crippen molar-refractivity contribution in [1.82, 2.24) is 15.6 Å². The van der Waals surface area contributed by atoms with Crippen LogP contribution in [0.3, 0.4) is 0 Å². The van der Waals surface area contributed by atoms with Gasteiger partial charge in [-0.25, -0.2) is 4.99 Å². The second-order valence-electron chi connectivity index (χ2n) is 8.41. The van der Waals surface area contributed by atoms with Gasteiger partial charge < -0.3 is 15.4 Å². The Morgan fingerprint density at radius 3 is 3.00 bits per heavy atom. The summed E-state index contributed by atoms with van der Waals surface area (Å²) in [5, 5.41) is 9.31. The summed E-state index contributed by atoms with van der Waals surface area (Å²) in [6.45, 7) is 9.77. The van der Waals surface area contributed by atoms with Gasteiger partial charge in [-0.2, -0.15) is 0 Å². The highest BCUT2D eigenvalue weighted by Gasteiger charge is 2.21. The fraction of sp³-hybridized carbons (Fsp3) is 0.346. The van der Waals surface area contributed by atoms with Crippen molar-refractivity contribution < 1.29 is 9.53 Å². The Morgan fingerprint density at radius 2 is 2.18 bits per heavy atom.